The second-order valence-corrected chi connectivity index (χ2v) is 8.43. The lowest BCUT2D eigenvalue weighted by atomic mass is 10.2. The van der Waals surface area contributed by atoms with Crippen LogP contribution in [0.15, 0.2) is 48.8 Å². The van der Waals surface area contributed by atoms with E-state index in [1.54, 1.807) is 18.2 Å². The van der Waals surface area contributed by atoms with E-state index in [-0.39, 0.29) is 11.8 Å². The fraction of sp³-hybridized carbons (Fsp3) is 0.462. The Morgan fingerprint density at radius 1 is 1.06 bits per heavy atom. The summed E-state index contributed by atoms with van der Waals surface area (Å²) in [5.41, 5.74) is 2.25. The molecule has 2 amide bonds. The summed E-state index contributed by atoms with van der Waals surface area (Å²) >= 11 is 0. The van der Waals surface area contributed by atoms with Crippen molar-refractivity contribution in [3.8, 4) is 0 Å². The lowest BCUT2D eigenvalue weighted by molar-refractivity contribution is -0.133. The highest BCUT2D eigenvalue weighted by Crippen LogP contribution is 2.09. The van der Waals surface area contributed by atoms with Gasteiger partial charge in [-0.05, 0) is 18.9 Å². The highest BCUT2D eigenvalue weighted by molar-refractivity contribution is 5.92. The van der Waals surface area contributed by atoms with E-state index in [9.17, 15) is 9.59 Å². The maximum atomic E-state index is 12.9. The Morgan fingerprint density at radius 2 is 1.82 bits per heavy atom. The van der Waals surface area contributed by atoms with Crippen molar-refractivity contribution in [3.63, 3.8) is 0 Å². The van der Waals surface area contributed by atoms with Crippen LogP contribution in [0.5, 0.6) is 0 Å². The molecule has 0 atom stereocenters. The second kappa shape index (κ2) is 13.6. The zero-order chi connectivity index (χ0) is 24.2. The molecule has 1 aromatic heterocycles. The molecular weight excluding hydrogens is 430 g/mol. The first kappa shape index (κ1) is 25.5. The van der Waals surface area contributed by atoms with E-state index in [4.69, 9.17) is 4.74 Å². The minimum atomic E-state index is -0.202. The third kappa shape index (κ3) is 8.04. The van der Waals surface area contributed by atoms with Gasteiger partial charge in [0.15, 0.2) is 0 Å². The van der Waals surface area contributed by atoms with Crippen molar-refractivity contribution in [3.05, 3.63) is 65.8 Å². The number of carbonyl (C=O) groups excluding carboxylic acids is 2. The van der Waals surface area contributed by atoms with Gasteiger partial charge in [-0.2, -0.15) is 0 Å². The monoisotopic (exact) mass is 465 g/mol. The van der Waals surface area contributed by atoms with Gasteiger partial charge in [0, 0.05) is 72.1 Å². The Hall–Kier alpha value is -3.10. The van der Waals surface area contributed by atoms with Crippen molar-refractivity contribution < 1.29 is 14.3 Å². The highest BCUT2D eigenvalue weighted by Gasteiger charge is 2.23. The molecule has 0 aliphatic carbocycles. The van der Waals surface area contributed by atoms with Crippen LogP contribution in [0.4, 0.5) is 0 Å². The van der Waals surface area contributed by atoms with E-state index in [2.05, 4.69) is 39.2 Å². The summed E-state index contributed by atoms with van der Waals surface area (Å²) in [5.74, 6) is -0.120. The van der Waals surface area contributed by atoms with Crippen LogP contribution < -0.4 is 0 Å². The van der Waals surface area contributed by atoms with Gasteiger partial charge in [-0.3, -0.25) is 19.5 Å². The van der Waals surface area contributed by atoms with Gasteiger partial charge in [0.05, 0.1) is 11.9 Å². The fourth-order valence-electron chi connectivity index (χ4n) is 3.85. The first-order chi connectivity index (χ1) is 16.6. The molecule has 0 spiro atoms. The number of methoxy groups -OCH3 is 1. The first-order valence-corrected chi connectivity index (χ1v) is 11.9. The zero-order valence-corrected chi connectivity index (χ0v) is 20.2. The average molecular weight is 466 g/mol. The van der Waals surface area contributed by atoms with E-state index < -0.39 is 0 Å². The van der Waals surface area contributed by atoms with Crippen LogP contribution in [0, 0.1) is 6.92 Å². The zero-order valence-electron chi connectivity index (χ0n) is 20.2. The Balaban J connectivity index is 1.45. The molecule has 1 aliphatic heterocycles. The van der Waals surface area contributed by atoms with E-state index in [0.29, 0.717) is 51.3 Å². The van der Waals surface area contributed by atoms with Crippen LogP contribution in [-0.2, 0) is 9.53 Å². The molecule has 0 unspecified atom stereocenters. The topological polar surface area (TPSA) is 78.9 Å². The van der Waals surface area contributed by atoms with Gasteiger partial charge in [-0.25, -0.2) is 4.98 Å². The van der Waals surface area contributed by atoms with Crippen molar-refractivity contribution in [2.45, 2.75) is 19.8 Å². The lowest BCUT2D eigenvalue weighted by Gasteiger charge is -2.34. The molecule has 3 rings (SSSR count). The molecule has 2 heterocycles. The lowest BCUT2D eigenvalue weighted by Crippen LogP contribution is -2.49. The molecule has 8 nitrogen and oxygen atoms in total. The number of nitrogens with zero attached hydrogens (tertiary/aromatic N) is 5. The fourth-order valence-corrected chi connectivity index (χ4v) is 3.85. The number of rotatable bonds is 11. The van der Waals surface area contributed by atoms with E-state index in [1.807, 2.05) is 30.0 Å². The quantitative estimate of drug-likeness (QED) is 0.475. The van der Waals surface area contributed by atoms with E-state index >= 15 is 0 Å². The maximum Gasteiger partial charge on any atom is 0.274 e. The summed E-state index contributed by atoms with van der Waals surface area (Å²) in [7, 11) is 1.64. The number of benzene rings is 1. The highest BCUT2D eigenvalue weighted by atomic mass is 16.5. The SMILES string of the molecule is COCCCN(CCC(=O)N1CCN(CC=Cc2ccccc2)CC1)C(=O)c1cnc(C)cn1. The van der Waals surface area contributed by atoms with Crippen molar-refractivity contribution >= 4 is 17.9 Å². The smallest absolute Gasteiger partial charge is 0.274 e. The van der Waals surface area contributed by atoms with Gasteiger partial charge in [-0.15, -0.1) is 0 Å². The van der Waals surface area contributed by atoms with Crippen LogP contribution in [0.1, 0.15) is 34.6 Å². The van der Waals surface area contributed by atoms with Crippen LogP contribution in [0.2, 0.25) is 0 Å². The standard InChI is InChI=1S/C26H35N5O3/c1-22-20-28-24(21-27-22)26(33)31(13-7-19-34-2)14-11-25(32)30-17-15-29(16-18-30)12-6-10-23-8-4-3-5-9-23/h3-6,8-10,20-21H,7,11-19H2,1-2H3. The van der Waals surface area contributed by atoms with Crippen molar-refractivity contribution in [1.29, 1.82) is 0 Å². The summed E-state index contributed by atoms with van der Waals surface area (Å²) in [6, 6.07) is 10.2. The van der Waals surface area contributed by atoms with Crippen LogP contribution in [0.25, 0.3) is 6.08 Å². The summed E-state index contributed by atoms with van der Waals surface area (Å²) in [4.78, 5) is 40.1. The summed E-state index contributed by atoms with van der Waals surface area (Å²) in [6.45, 7) is 7.23. The minimum absolute atomic E-state index is 0.0824. The molecule has 1 saturated heterocycles. The summed E-state index contributed by atoms with van der Waals surface area (Å²) < 4.78 is 5.13. The molecule has 0 N–H and O–H groups in total. The van der Waals surface area contributed by atoms with Gasteiger partial charge in [-0.1, -0.05) is 42.5 Å². The van der Waals surface area contributed by atoms with Crippen LogP contribution in [-0.4, -0.2) is 96.0 Å². The van der Waals surface area contributed by atoms with Crippen LogP contribution in [0.3, 0.4) is 0 Å². The Bertz CT molecular complexity index is 925. The third-order valence-corrected chi connectivity index (χ3v) is 5.86. The molecule has 1 fully saturated rings. The van der Waals surface area contributed by atoms with E-state index in [0.717, 1.165) is 25.3 Å². The molecule has 34 heavy (non-hydrogen) atoms. The number of hydrogen-bond donors (Lipinski definition) is 0. The van der Waals surface area contributed by atoms with Crippen molar-refractivity contribution in [2.75, 3.05) is 59.5 Å². The number of piperazine rings is 1. The summed E-state index contributed by atoms with van der Waals surface area (Å²) in [6.07, 6.45) is 8.38. The van der Waals surface area contributed by atoms with Gasteiger partial charge < -0.3 is 14.5 Å². The Labute approximate surface area is 202 Å². The van der Waals surface area contributed by atoms with Gasteiger partial charge in [0.1, 0.15) is 5.69 Å². The molecule has 0 saturated carbocycles. The number of ether oxygens (including phenoxy) is 1. The minimum Gasteiger partial charge on any atom is -0.385 e. The Kier molecular flexibility index (Phi) is 10.2. The average Bonchev–Trinajstić information content (AvgIpc) is 2.87. The maximum absolute atomic E-state index is 12.9. The van der Waals surface area contributed by atoms with Gasteiger partial charge in [0.25, 0.3) is 5.91 Å². The normalized spacial score (nSPS) is 14.5. The number of carbonyl (C=O) groups is 2. The predicted molar refractivity (Wildman–Crippen MR) is 132 cm³/mol. The van der Waals surface area contributed by atoms with Gasteiger partial charge in [0.2, 0.25) is 5.91 Å². The van der Waals surface area contributed by atoms with Crippen molar-refractivity contribution in [1.82, 2.24) is 24.7 Å². The van der Waals surface area contributed by atoms with Gasteiger partial charge >= 0.3 is 0 Å². The first-order valence-electron chi connectivity index (χ1n) is 11.9. The summed E-state index contributed by atoms with van der Waals surface area (Å²) in [5, 5.41) is 0. The second-order valence-electron chi connectivity index (χ2n) is 8.43. The molecule has 8 heteroatoms. The van der Waals surface area contributed by atoms with Crippen molar-refractivity contribution in [2.24, 2.45) is 0 Å². The molecule has 0 radical (unpaired) electrons. The third-order valence-electron chi connectivity index (χ3n) is 5.86. The Morgan fingerprint density at radius 3 is 2.50 bits per heavy atom. The molecule has 0 bridgehead atoms. The molecule has 1 aliphatic rings. The molecular formula is C26H35N5O3. The molecule has 2 aromatic rings. The number of amides is 2. The molecule has 182 valence electrons. The molecule has 1 aromatic carbocycles. The number of aryl methyl sites for hydroxylation is 1. The van der Waals surface area contributed by atoms with Crippen LogP contribution >= 0.6 is 0 Å². The number of aromatic nitrogens is 2. The predicted octanol–water partition coefficient (Wildman–Crippen LogP) is 2.51. The largest absolute Gasteiger partial charge is 0.385 e. The number of hydrogen-bond acceptors (Lipinski definition) is 6. The van der Waals surface area contributed by atoms with E-state index in [1.165, 1.54) is 11.8 Å².